The summed E-state index contributed by atoms with van der Waals surface area (Å²) in [5.74, 6) is 2.50. The Kier molecular flexibility index (Phi) is 5.02. The fraction of sp³-hybridized carbons (Fsp3) is 0.350. The number of ether oxygens (including phenoxy) is 2. The molecule has 140 valence electrons. The number of hydrogen-bond donors (Lipinski definition) is 0. The lowest BCUT2D eigenvalue weighted by molar-refractivity contribution is 0.329. The average molecular weight is 365 g/mol. The van der Waals surface area contributed by atoms with E-state index in [2.05, 4.69) is 26.1 Å². The molecule has 7 nitrogen and oxygen atoms in total. The number of nitrogens with zero attached hydrogens (tertiary/aromatic N) is 5. The SMILES string of the molecule is COc1cc(CN2CCCC2)ccc1Oc1ccc(-c2nccn2C)nn1. The van der Waals surface area contributed by atoms with Crippen LogP contribution in [0.3, 0.4) is 0 Å². The first kappa shape index (κ1) is 17.5. The normalized spacial score (nSPS) is 14.4. The van der Waals surface area contributed by atoms with Crippen LogP contribution in [0.15, 0.2) is 42.7 Å². The summed E-state index contributed by atoms with van der Waals surface area (Å²) < 4.78 is 13.3. The summed E-state index contributed by atoms with van der Waals surface area (Å²) in [6.07, 6.45) is 6.17. The van der Waals surface area contributed by atoms with Crippen LogP contribution in [-0.4, -0.2) is 44.8 Å². The van der Waals surface area contributed by atoms with Crippen LogP contribution >= 0.6 is 0 Å². The zero-order valence-electron chi connectivity index (χ0n) is 15.6. The maximum absolute atomic E-state index is 5.89. The first-order valence-corrected chi connectivity index (χ1v) is 9.11. The van der Waals surface area contributed by atoms with Crippen molar-refractivity contribution < 1.29 is 9.47 Å². The van der Waals surface area contributed by atoms with Gasteiger partial charge in [0, 0.05) is 32.1 Å². The molecule has 27 heavy (non-hydrogen) atoms. The number of aromatic nitrogens is 4. The minimum absolute atomic E-state index is 0.415. The molecule has 0 spiro atoms. The van der Waals surface area contributed by atoms with Gasteiger partial charge in [0.2, 0.25) is 5.88 Å². The molecule has 4 rings (SSSR count). The second-order valence-corrected chi connectivity index (χ2v) is 6.69. The van der Waals surface area contributed by atoms with Crippen molar-refractivity contribution in [2.75, 3.05) is 20.2 Å². The van der Waals surface area contributed by atoms with Crippen molar-refractivity contribution in [3.8, 4) is 28.9 Å². The zero-order chi connectivity index (χ0) is 18.6. The molecule has 1 fully saturated rings. The minimum atomic E-state index is 0.415. The molecule has 0 saturated carbocycles. The van der Waals surface area contributed by atoms with Crippen molar-refractivity contribution in [1.29, 1.82) is 0 Å². The number of likely N-dealkylation sites (tertiary alicyclic amines) is 1. The molecule has 0 unspecified atom stereocenters. The van der Waals surface area contributed by atoms with Crippen LogP contribution < -0.4 is 9.47 Å². The highest BCUT2D eigenvalue weighted by Crippen LogP contribution is 2.32. The van der Waals surface area contributed by atoms with Gasteiger partial charge in [-0.05, 0) is 49.7 Å². The van der Waals surface area contributed by atoms with Crippen molar-refractivity contribution >= 4 is 0 Å². The monoisotopic (exact) mass is 365 g/mol. The highest BCUT2D eigenvalue weighted by Gasteiger charge is 2.14. The van der Waals surface area contributed by atoms with Crippen LogP contribution in [0.5, 0.6) is 17.4 Å². The Labute approximate surface area is 158 Å². The topological polar surface area (TPSA) is 65.3 Å². The summed E-state index contributed by atoms with van der Waals surface area (Å²) in [4.78, 5) is 6.73. The van der Waals surface area contributed by atoms with Crippen LogP contribution in [-0.2, 0) is 13.6 Å². The smallest absolute Gasteiger partial charge is 0.239 e. The Bertz CT molecular complexity index is 901. The predicted octanol–water partition coefficient (Wildman–Crippen LogP) is 3.27. The van der Waals surface area contributed by atoms with E-state index < -0.39 is 0 Å². The fourth-order valence-corrected chi connectivity index (χ4v) is 3.31. The Morgan fingerprint density at radius 2 is 1.89 bits per heavy atom. The molecule has 3 aromatic rings. The van der Waals surface area contributed by atoms with Crippen LogP contribution in [0.25, 0.3) is 11.5 Å². The van der Waals surface area contributed by atoms with Gasteiger partial charge < -0.3 is 14.0 Å². The Morgan fingerprint density at radius 1 is 1.04 bits per heavy atom. The van der Waals surface area contributed by atoms with E-state index in [0.29, 0.717) is 23.1 Å². The summed E-state index contributed by atoms with van der Waals surface area (Å²) in [6.45, 7) is 3.27. The fourth-order valence-electron chi connectivity index (χ4n) is 3.31. The van der Waals surface area contributed by atoms with E-state index in [1.807, 2.05) is 36.0 Å². The van der Waals surface area contributed by atoms with E-state index in [1.54, 1.807) is 19.4 Å². The molecular formula is C20H23N5O2. The van der Waals surface area contributed by atoms with Crippen molar-refractivity contribution in [2.45, 2.75) is 19.4 Å². The van der Waals surface area contributed by atoms with Gasteiger partial charge in [0.15, 0.2) is 17.3 Å². The molecule has 1 saturated heterocycles. The molecular weight excluding hydrogens is 342 g/mol. The first-order valence-electron chi connectivity index (χ1n) is 9.11. The van der Waals surface area contributed by atoms with Gasteiger partial charge in [-0.1, -0.05) is 6.07 Å². The summed E-state index contributed by atoms with van der Waals surface area (Å²) in [6, 6.07) is 9.67. The molecule has 3 heterocycles. The standard InChI is InChI=1S/C20H23N5O2/c1-24-12-9-21-20(24)16-6-8-19(23-22-16)27-17-7-5-15(13-18(17)26-2)14-25-10-3-4-11-25/h5-9,12-13H,3-4,10-11,14H2,1-2H3. The number of aryl methyl sites for hydroxylation is 1. The molecule has 0 bridgehead atoms. The van der Waals surface area contributed by atoms with Crippen LogP contribution in [0.4, 0.5) is 0 Å². The summed E-state index contributed by atoms with van der Waals surface area (Å²) in [5, 5.41) is 8.38. The van der Waals surface area contributed by atoms with Gasteiger partial charge in [-0.15, -0.1) is 10.2 Å². The lowest BCUT2D eigenvalue weighted by Crippen LogP contribution is -2.18. The van der Waals surface area contributed by atoms with Gasteiger partial charge >= 0.3 is 0 Å². The molecule has 0 aliphatic carbocycles. The third-order valence-electron chi connectivity index (χ3n) is 4.74. The van der Waals surface area contributed by atoms with E-state index >= 15 is 0 Å². The number of rotatable bonds is 6. The van der Waals surface area contributed by atoms with E-state index in [0.717, 1.165) is 12.4 Å². The van der Waals surface area contributed by atoms with E-state index in [1.165, 1.54) is 31.5 Å². The summed E-state index contributed by atoms with van der Waals surface area (Å²) in [7, 11) is 3.57. The third-order valence-corrected chi connectivity index (χ3v) is 4.74. The van der Waals surface area contributed by atoms with Gasteiger partial charge in [-0.25, -0.2) is 4.98 Å². The summed E-state index contributed by atoms with van der Waals surface area (Å²) in [5.41, 5.74) is 1.92. The Morgan fingerprint density at radius 3 is 2.56 bits per heavy atom. The molecule has 1 aromatic carbocycles. The molecule has 0 atom stereocenters. The molecule has 0 amide bonds. The summed E-state index contributed by atoms with van der Waals surface area (Å²) >= 11 is 0. The molecule has 0 N–H and O–H groups in total. The third kappa shape index (κ3) is 3.93. The number of hydrogen-bond acceptors (Lipinski definition) is 6. The van der Waals surface area contributed by atoms with E-state index in [-0.39, 0.29) is 0 Å². The molecule has 1 aliphatic rings. The molecule has 0 radical (unpaired) electrons. The lowest BCUT2D eigenvalue weighted by Gasteiger charge is -2.16. The predicted molar refractivity (Wildman–Crippen MR) is 102 cm³/mol. The van der Waals surface area contributed by atoms with Crippen LogP contribution in [0.2, 0.25) is 0 Å². The average Bonchev–Trinajstić information content (AvgIpc) is 3.35. The zero-order valence-corrected chi connectivity index (χ0v) is 15.6. The van der Waals surface area contributed by atoms with Crippen molar-refractivity contribution in [1.82, 2.24) is 24.6 Å². The number of methoxy groups -OCH3 is 1. The molecule has 2 aromatic heterocycles. The van der Waals surface area contributed by atoms with Crippen molar-refractivity contribution in [2.24, 2.45) is 7.05 Å². The van der Waals surface area contributed by atoms with Crippen molar-refractivity contribution in [3.63, 3.8) is 0 Å². The first-order chi connectivity index (χ1) is 13.2. The minimum Gasteiger partial charge on any atom is -0.493 e. The van der Waals surface area contributed by atoms with E-state index in [4.69, 9.17) is 9.47 Å². The Hall–Kier alpha value is -2.93. The highest BCUT2D eigenvalue weighted by atomic mass is 16.5. The maximum atomic E-state index is 5.89. The van der Waals surface area contributed by atoms with Gasteiger partial charge in [-0.3, -0.25) is 4.90 Å². The van der Waals surface area contributed by atoms with E-state index in [9.17, 15) is 0 Å². The largest absolute Gasteiger partial charge is 0.493 e. The van der Waals surface area contributed by atoms with Gasteiger partial charge in [0.1, 0.15) is 5.69 Å². The van der Waals surface area contributed by atoms with Gasteiger partial charge in [-0.2, -0.15) is 0 Å². The second kappa shape index (κ2) is 7.75. The van der Waals surface area contributed by atoms with Gasteiger partial charge in [0.25, 0.3) is 0 Å². The highest BCUT2D eigenvalue weighted by molar-refractivity contribution is 5.50. The maximum Gasteiger partial charge on any atom is 0.239 e. The number of imidazole rings is 1. The molecule has 1 aliphatic heterocycles. The van der Waals surface area contributed by atoms with Gasteiger partial charge in [0.05, 0.1) is 7.11 Å². The lowest BCUT2D eigenvalue weighted by atomic mass is 10.2. The second-order valence-electron chi connectivity index (χ2n) is 6.69. The Balaban J connectivity index is 1.49. The van der Waals surface area contributed by atoms with Crippen LogP contribution in [0, 0.1) is 0 Å². The number of benzene rings is 1. The van der Waals surface area contributed by atoms with Crippen LogP contribution in [0.1, 0.15) is 18.4 Å². The molecule has 7 heteroatoms. The quantitative estimate of drug-likeness (QED) is 0.668. The van der Waals surface area contributed by atoms with Crippen molar-refractivity contribution in [3.05, 3.63) is 48.3 Å².